The Morgan fingerprint density at radius 2 is 1.56 bits per heavy atom. The van der Waals surface area contributed by atoms with Crippen LogP contribution in [-0.4, -0.2) is 43.7 Å². The van der Waals surface area contributed by atoms with Gasteiger partial charge in [-0.15, -0.1) is 0 Å². The van der Waals surface area contributed by atoms with Crippen LogP contribution in [0.15, 0.2) is 47.4 Å². The number of benzene rings is 2. The lowest BCUT2D eigenvalue weighted by atomic mass is 9.95. The van der Waals surface area contributed by atoms with Gasteiger partial charge in [-0.1, -0.05) is 37.6 Å². The molecule has 1 aliphatic rings. The van der Waals surface area contributed by atoms with Crippen molar-refractivity contribution in [3.05, 3.63) is 59.2 Å². The Bertz CT molecular complexity index is 1140. The third-order valence-corrected chi connectivity index (χ3v) is 8.42. The van der Waals surface area contributed by atoms with Gasteiger partial charge < -0.3 is 10.6 Å². The summed E-state index contributed by atoms with van der Waals surface area (Å²) in [5.41, 5.74) is 3.91. The molecule has 34 heavy (non-hydrogen) atoms. The van der Waals surface area contributed by atoms with Gasteiger partial charge in [0.2, 0.25) is 21.8 Å². The van der Waals surface area contributed by atoms with Gasteiger partial charge in [-0.3, -0.25) is 9.59 Å². The zero-order valence-electron chi connectivity index (χ0n) is 20.6. The highest BCUT2D eigenvalue weighted by molar-refractivity contribution is 7.89. The highest BCUT2D eigenvalue weighted by Crippen LogP contribution is 2.25. The van der Waals surface area contributed by atoms with Crippen molar-refractivity contribution in [1.29, 1.82) is 0 Å². The number of carbonyl (C=O) groups is 2. The minimum atomic E-state index is -3.58. The van der Waals surface area contributed by atoms with Gasteiger partial charge in [0, 0.05) is 24.7 Å². The number of aryl methyl sites for hydroxylation is 3. The summed E-state index contributed by atoms with van der Waals surface area (Å²) in [5, 5.41) is 5.81. The number of amides is 2. The van der Waals surface area contributed by atoms with Gasteiger partial charge in [0.25, 0.3) is 0 Å². The van der Waals surface area contributed by atoms with E-state index in [1.165, 1.54) is 4.31 Å². The summed E-state index contributed by atoms with van der Waals surface area (Å²) in [6, 6.07) is 11.8. The summed E-state index contributed by atoms with van der Waals surface area (Å²) < 4.78 is 27.3. The van der Waals surface area contributed by atoms with Crippen molar-refractivity contribution in [3.63, 3.8) is 0 Å². The fraction of sp³-hybridized carbons (Fsp3) is 0.462. The van der Waals surface area contributed by atoms with E-state index in [2.05, 4.69) is 10.6 Å². The first-order valence-corrected chi connectivity index (χ1v) is 13.2. The van der Waals surface area contributed by atoms with Gasteiger partial charge in [0.1, 0.15) is 6.04 Å². The molecular formula is C26H35N3O4S. The molecule has 0 aliphatic carbocycles. The third-order valence-electron chi connectivity index (χ3n) is 6.50. The molecule has 2 aromatic carbocycles. The Kier molecular flexibility index (Phi) is 8.15. The van der Waals surface area contributed by atoms with E-state index in [9.17, 15) is 18.0 Å². The molecule has 0 saturated carbocycles. The van der Waals surface area contributed by atoms with Gasteiger partial charge in [-0.2, -0.15) is 4.31 Å². The Morgan fingerprint density at radius 1 is 0.941 bits per heavy atom. The first-order chi connectivity index (χ1) is 16.0. The number of nitrogens with zero attached hydrogens (tertiary/aromatic N) is 1. The normalized spacial score (nSPS) is 16.3. The van der Waals surface area contributed by atoms with Gasteiger partial charge in [-0.05, 0) is 74.9 Å². The summed E-state index contributed by atoms with van der Waals surface area (Å²) in [4.78, 5) is 26.2. The predicted molar refractivity (Wildman–Crippen MR) is 134 cm³/mol. The lowest BCUT2D eigenvalue weighted by Crippen LogP contribution is -2.50. The highest BCUT2D eigenvalue weighted by Gasteiger charge is 2.34. The number of anilines is 1. The fourth-order valence-corrected chi connectivity index (χ4v) is 5.53. The van der Waals surface area contributed by atoms with Crippen molar-refractivity contribution in [2.75, 3.05) is 18.4 Å². The van der Waals surface area contributed by atoms with Gasteiger partial charge >= 0.3 is 0 Å². The SMILES string of the molecule is Cc1ccc(S(=O)(=O)N2CCC(C(=O)NC(C(=O)Nc3ccc(C)c(C)c3)C(C)C)CC2)cc1. The lowest BCUT2D eigenvalue weighted by molar-refractivity contribution is -0.130. The van der Waals surface area contributed by atoms with E-state index in [0.29, 0.717) is 18.5 Å². The molecule has 2 amide bonds. The average molecular weight is 486 g/mol. The fourth-order valence-electron chi connectivity index (χ4n) is 4.06. The topological polar surface area (TPSA) is 95.6 Å². The van der Waals surface area contributed by atoms with E-state index < -0.39 is 16.1 Å². The molecule has 0 spiro atoms. The molecule has 1 aliphatic heterocycles. The molecule has 0 bridgehead atoms. The van der Waals surface area contributed by atoms with Crippen LogP contribution >= 0.6 is 0 Å². The van der Waals surface area contributed by atoms with E-state index >= 15 is 0 Å². The maximum absolute atomic E-state index is 13.0. The zero-order chi connectivity index (χ0) is 25.0. The number of carbonyl (C=O) groups excluding carboxylic acids is 2. The van der Waals surface area contributed by atoms with Crippen LogP contribution in [0.2, 0.25) is 0 Å². The molecule has 7 nitrogen and oxygen atoms in total. The van der Waals surface area contributed by atoms with Crippen LogP contribution in [0, 0.1) is 32.6 Å². The smallest absolute Gasteiger partial charge is 0.247 e. The number of piperidine rings is 1. The zero-order valence-corrected chi connectivity index (χ0v) is 21.4. The molecular weight excluding hydrogens is 450 g/mol. The molecule has 1 atom stereocenters. The van der Waals surface area contributed by atoms with Crippen LogP contribution in [0.25, 0.3) is 0 Å². The van der Waals surface area contributed by atoms with Crippen molar-refractivity contribution in [1.82, 2.24) is 9.62 Å². The predicted octanol–water partition coefficient (Wildman–Crippen LogP) is 3.79. The summed E-state index contributed by atoms with van der Waals surface area (Å²) in [6.45, 7) is 10.2. The van der Waals surface area contributed by atoms with Gasteiger partial charge in [0.05, 0.1) is 4.90 Å². The van der Waals surface area contributed by atoms with Crippen molar-refractivity contribution < 1.29 is 18.0 Å². The summed E-state index contributed by atoms with van der Waals surface area (Å²) >= 11 is 0. The second kappa shape index (κ2) is 10.7. The third kappa shape index (κ3) is 6.04. The Hall–Kier alpha value is -2.71. The molecule has 1 fully saturated rings. The summed E-state index contributed by atoms with van der Waals surface area (Å²) in [6.07, 6.45) is 0.834. The van der Waals surface area contributed by atoms with E-state index in [1.54, 1.807) is 24.3 Å². The molecule has 1 unspecified atom stereocenters. The van der Waals surface area contributed by atoms with Crippen LogP contribution in [0.5, 0.6) is 0 Å². The number of hydrogen-bond donors (Lipinski definition) is 2. The van der Waals surface area contributed by atoms with Crippen LogP contribution in [0.3, 0.4) is 0 Å². The quantitative estimate of drug-likeness (QED) is 0.624. The van der Waals surface area contributed by atoms with Crippen molar-refractivity contribution in [2.45, 2.75) is 58.4 Å². The molecule has 1 heterocycles. The Morgan fingerprint density at radius 3 is 2.12 bits per heavy atom. The monoisotopic (exact) mass is 485 g/mol. The number of hydrogen-bond acceptors (Lipinski definition) is 4. The number of rotatable bonds is 7. The van der Waals surface area contributed by atoms with Crippen LogP contribution in [0.1, 0.15) is 43.4 Å². The molecule has 3 rings (SSSR count). The van der Waals surface area contributed by atoms with Crippen LogP contribution < -0.4 is 10.6 Å². The van der Waals surface area contributed by atoms with E-state index in [1.807, 2.05) is 52.8 Å². The molecule has 2 N–H and O–H groups in total. The maximum Gasteiger partial charge on any atom is 0.247 e. The van der Waals surface area contributed by atoms with E-state index in [0.717, 1.165) is 16.7 Å². The first kappa shape index (κ1) is 25.9. The van der Waals surface area contributed by atoms with Crippen LogP contribution in [-0.2, 0) is 19.6 Å². The molecule has 1 saturated heterocycles. The Balaban J connectivity index is 1.60. The molecule has 184 valence electrons. The lowest BCUT2D eigenvalue weighted by Gasteiger charge is -2.32. The minimum Gasteiger partial charge on any atom is -0.344 e. The van der Waals surface area contributed by atoms with Crippen molar-refractivity contribution >= 4 is 27.5 Å². The van der Waals surface area contributed by atoms with Crippen molar-refractivity contribution in [2.24, 2.45) is 11.8 Å². The number of sulfonamides is 1. The van der Waals surface area contributed by atoms with E-state index in [-0.39, 0.29) is 41.6 Å². The largest absolute Gasteiger partial charge is 0.344 e. The highest BCUT2D eigenvalue weighted by atomic mass is 32.2. The standard InChI is InChI=1S/C26H35N3O4S/c1-17(2)24(26(31)27-22-9-8-19(4)20(5)16-22)28-25(30)21-12-14-29(15-13-21)34(32,33)23-10-6-18(3)7-11-23/h6-11,16-17,21,24H,12-15H2,1-5H3,(H,27,31)(H,28,30). The Labute approximate surface area is 203 Å². The minimum absolute atomic E-state index is 0.0995. The van der Waals surface area contributed by atoms with Crippen molar-refractivity contribution in [3.8, 4) is 0 Å². The van der Waals surface area contributed by atoms with Gasteiger partial charge in [-0.25, -0.2) is 8.42 Å². The van der Waals surface area contributed by atoms with Crippen LogP contribution in [0.4, 0.5) is 5.69 Å². The molecule has 0 aromatic heterocycles. The second-order valence-corrected chi connectivity index (χ2v) is 11.4. The van der Waals surface area contributed by atoms with Gasteiger partial charge in [0.15, 0.2) is 0 Å². The first-order valence-electron chi connectivity index (χ1n) is 11.7. The molecule has 8 heteroatoms. The molecule has 0 radical (unpaired) electrons. The summed E-state index contributed by atoms with van der Waals surface area (Å²) in [5.74, 6) is -0.898. The maximum atomic E-state index is 13.0. The average Bonchev–Trinajstić information content (AvgIpc) is 2.79. The molecule has 2 aromatic rings. The summed E-state index contributed by atoms with van der Waals surface area (Å²) in [7, 11) is -3.58. The second-order valence-electron chi connectivity index (χ2n) is 9.51. The van der Waals surface area contributed by atoms with E-state index in [4.69, 9.17) is 0 Å². The number of nitrogens with one attached hydrogen (secondary N) is 2.